The zero-order chi connectivity index (χ0) is 27.1. The number of methoxy groups -OCH3 is 2. The predicted molar refractivity (Wildman–Crippen MR) is 145 cm³/mol. The molecule has 0 heterocycles. The smallest absolute Gasteiger partial charge is 0.314 e. The summed E-state index contributed by atoms with van der Waals surface area (Å²) < 4.78 is 24.5. The molecule has 4 aliphatic rings. The molecule has 8 heteroatoms. The van der Waals surface area contributed by atoms with Crippen molar-refractivity contribution in [2.24, 2.45) is 39.9 Å². The van der Waals surface area contributed by atoms with Gasteiger partial charge in [-0.15, -0.1) is 0 Å². The van der Waals surface area contributed by atoms with Crippen LogP contribution in [0.4, 0.5) is 0 Å². The highest BCUT2D eigenvalue weighted by atomic mass is 28.4. The molecule has 0 aromatic heterocycles. The lowest BCUT2D eigenvalue weighted by Gasteiger charge is -2.55. The number of esters is 2. The summed E-state index contributed by atoms with van der Waals surface area (Å²) in [6.45, 7) is 22.1. The highest BCUT2D eigenvalue weighted by Gasteiger charge is 2.78. The lowest BCUT2D eigenvalue weighted by atomic mass is 9.52. The standard InChI is InChI=1S/C28H48O6Si2/c1-17-15-28-16-18(17)19(33-35(6,7)8)14-20(28)26(2)13-12-21(34-36(9,10)11)27(3,25(30)32-5)23(26)22(28)24(29)31-4/h18-23H,1,12-16H2,2-11H3/t18?,19-,20+,21+,22-,23?,26+,27-,28+/m1/s1. The van der Waals surface area contributed by atoms with Crippen LogP contribution in [0.2, 0.25) is 39.3 Å². The second kappa shape index (κ2) is 8.78. The Hall–Kier alpha value is -0.966. The van der Waals surface area contributed by atoms with Crippen LogP contribution < -0.4 is 0 Å². The van der Waals surface area contributed by atoms with Crippen molar-refractivity contribution in [2.75, 3.05) is 14.2 Å². The minimum Gasteiger partial charge on any atom is -0.469 e. The van der Waals surface area contributed by atoms with E-state index in [2.05, 4.69) is 52.8 Å². The lowest BCUT2D eigenvalue weighted by Crippen LogP contribution is -2.60. The van der Waals surface area contributed by atoms with Crippen LogP contribution in [0.15, 0.2) is 12.2 Å². The average molecular weight is 537 g/mol. The molecule has 204 valence electrons. The predicted octanol–water partition coefficient (Wildman–Crippen LogP) is 5.80. The molecule has 4 fully saturated rings. The summed E-state index contributed by atoms with van der Waals surface area (Å²) in [6, 6.07) is 0. The van der Waals surface area contributed by atoms with E-state index in [1.165, 1.54) is 19.8 Å². The van der Waals surface area contributed by atoms with Crippen molar-refractivity contribution in [1.29, 1.82) is 0 Å². The number of hydrogen-bond acceptors (Lipinski definition) is 6. The average Bonchev–Trinajstić information content (AvgIpc) is 3.17. The molecular formula is C28H48O6Si2. The number of hydrogen-bond donors (Lipinski definition) is 0. The third kappa shape index (κ3) is 4.09. The largest absolute Gasteiger partial charge is 0.469 e. The SMILES string of the molecule is C=C1C[C@]23CC1[C@H](O[Si](C)(C)C)C[C@H]2[C@]1(C)CC[C@H](O[Si](C)(C)C)[C@@](C)(C(=O)OC)C1[C@@H]3C(=O)OC. The Balaban J connectivity index is 1.90. The van der Waals surface area contributed by atoms with Gasteiger partial charge in [0.2, 0.25) is 0 Å². The molecule has 1 spiro atoms. The molecule has 4 rings (SSSR count). The fourth-order valence-electron chi connectivity index (χ4n) is 9.25. The van der Waals surface area contributed by atoms with E-state index in [4.69, 9.17) is 18.3 Å². The van der Waals surface area contributed by atoms with Crippen molar-refractivity contribution in [3.8, 4) is 0 Å². The molecule has 9 atom stereocenters. The quantitative estimate of drug-likeness (QED) is 0.243. The first-order valence-electron chi connectivity index (χ1n) is 13.6. The summed E-state index contributed by atoms with van der Waals surface area (Å²) in [5, 5.41) is 0. The molecule has 0 aromatic rings. The molecule has 0 radical (unpaired) electrons. The Morgan fingerprint density at radius 3 is 2.11 bits per heavy atom. The third-order valence-corrected chi connectivity index (χ3v) is 12.1. The Kier molecular flexibility index (Phi) is 6.84. The van der Waals surface area contributed by atoms with Crippen molar-refractivity contribution >= 4 is 28.6 Å². The Bertz CT molecular complexity index is 937. The Morgan fingerprint density at radius 2 is 1.58 bits per heavy atom. The second-order valence-electron chi connectivity index (χ2n) is 14.5. The molecule has 0 amide bonds. The van der Waals surface area contributed by atoms with Gasteiger partial charge in [-0.25, -0.2) is 0 Å². The van der Waals surface area contributed by atoms with E-state index in [9.17, 15) is 9.59 Å². The number of carbonyl (C=O) groups excluding carboxylic acids is 2. The van der Waals surface area contributed by atoms with E-state index in [-0.39, 0.29) is 52.7 Å². The van der Waals surface area contributed by atoms with Crippen molar-refractivity contribution < 1.29 is 27.9 Å². The van der Waals surface area contributed by atoms with Gasteiger partial charge in [-0.3, -0.25) is 9.59 Å². The first-order valence-corrected chi connectivity index (χ1v) is 20.5. The molecule has 0 saturated heterocycles. The van der Waals surface area contributed by atoms with Gasteiger partial charge in [0.1, 0.15) is 0 Å². The van der Waals surface area contributed by atoms with E-state index >= 15 is 0 Å². The van der Waals surface area contributed by atoms with E-state index in [1.807, 2.05) is 6.92 Å². The molecule has 2 bridgehead atoms. The number of ether oxygens (including phenoxy) is 2. The van der Waals surface area contributed by atoms with E-state index in [0.29, 0.717) is 0 Å². The molecule has 0 aliphatic heterocycles. The monoisotopic (exact) mass is 536 g/mol. The molecule has 0 aromatic carbocycles. The van der Waals surface area contributed by atoms with Gasteiger partial charge < -0.3 is 18.3 Å². The van der Waals surface area contributed by atoms with Crippen LogP contribution in [0.5, 0.6) is 0 Å². The van der Waals surface area contributed by atoms with Crippen LogP contribution >= 0.6 is 0 Å². The minimum absolute atomic E-state index is 0.124. The minimum atomic E-state index is -1.98. The summed E-state index contributed by atoms with van der Waals surface area (Å²) in [5.41, 5.74) is -0.248. The maximum Gasteiger partial charge on any atom is 0.314 e. The fourth-order valence-corrected chi connectivity index (χ4v) is 11.6. The van der Waals surface area contributed by atoms with Gasteiger partial charge in [0.05, 0.1) is 37.8 Å². The first kappa shape index (κ1) is 28.1. The molecule has 4 saturated carbocycles. The highest BCUT2D eigenvalue weighted by molar-refractivity contribution is 6.70. The highest BCUT2D eigenvalue weighted by Crippen LogP contribution is 2.78. The van der Waals surface area contributed by atoms with Gasteiger partial charge in [0.15, 0.2) is 16.6 Å². The van der Waals surface area contributed by atoms with Crippen molar-refractivity contribution in [1.82, 2.24) is 0 Å². The van der Waals surface area contributed by atoms with Crippen molar-refractivity contribution in [3.05, 3.63) is 12.2 Å². The maximum atomic E-state index is 13.8. The van der Waals surface area contributed by atoms with E-state index in [1.54, 1.807) is 0 Å². The molecule has 6 nitrogen and oxygen atoms in total. The van der Waals surface area contributed by atoms with Gasteiger partial charge in [0, 0.05) is 5.92 Å². The van der Waals surface area contributed by atoms with Crippen molar-refractivity contribution in [3.63, 3.8) is 0 Å². The zero-order valence-corrected chi connectivity index (χ0v) is 26.2. The first-order chi connectivity index (χ1) is 16.4. The zero-order valence-electron chi connectivity index (χ0n) is 24.2. The van der Waals surface area contributed by atoms with Gasteiger partial charge in [-0.1, -0.05) is 19.1 Å². The number of carbonyl (C=O) groups is 2. The Morgan fingerprint density at radius 1 is 0.972 bits per heavy atom. The summed E-state index contributed by atoms with van der Waals surface area (Å²) in [7, 11) is -0.815. The van der Waals surface area contributed by atoms with Gasteiger partial charge >= 0.3 is 11.9 Å². The van der Waals surface area contributed by atoms with Crippen LogP contribution in [0, 0.1) is 39.9 Å². The Labute approximate surface area is 220 Å². The fraction of sp³-hybridized carbons (Fsp3) is 0.857. The van der Waals surface area contributed by atoms with Gasteiger partial charge in [-0.2, -0.15) is 0 Å². The summed E-state index contributed by atoms with van der Waals surface area (Å²) in [4.78, 5) is 27.6. The van der Waals surface area contributed by atoms with Gasteiger partial charge in [-0.05, 0) is 101 Å². The topological polar surface area (TPSA) is 71.1 Å². The second-order valence-corrected chi connectivity index (χ2v) is 23.4. The maximum absolute atomic E-state index is 13.8. The molecule has 0 N–H and O–H groups in total. The molecule has 4 aliphatic carbocycles. The van der Waals surface area contributed by atoms with Crippen molar-refractivity contribution in [2.45, 2.75) is 97.4 Å². The van der Waals surface area contributed by atoms with Crippen LogP contribution in [-0.4, -0.2) is 55.0 Å². The molecular weight excluding hydrogens is 488 g/mol. The van der Waals surface area contributed by atoms with E-state index in [0.717, 1.165) is 32.1 Å². The summed E-state index contributed by atoms with van der Waals surface area (Å²) in [5.74, 6) is -0.606. The molecule has 2 unspecified atom stereocenters. The molecule has 36 heavy (non-hydrogen) atoms. The summed E-state index contributed by atoms with van der Waals surface area (Å²) in [6.07, 6.45) is 4.13. The van der Waals surface area contributed by atoms with Crippen LogP contribution in [-0.2, 0) is 27.9 Å². The number of fused-ring (bicyclic) bond motifs is 3. The normalized spacial score (nSPS) is 44.1. The van der Waals surface area contributed by atoms with Crippen LogP contribution in [0.3, 0.4) is 0 Å². The lowest BCUT2D eigenvalue weighted by molar-refractivity contribution is -0.183. The van der Waals surface area contributed by atoms with Gasteiger partial charge in [0.25, 0.3) is 0 Å². The third-order valence-electron chi connectivity index (χ3n) is 10.1. The van der Waals surface area contributed by atoms with E-state index < -0.39 is 28.0 Å². The van der Waals surface area contributed by atoms with Crippen LogP contribution in [0.1, 0.15) is 46.0 Å². The van der Waals surface area contributed by atoms with Crippen LogP contribution in [0.25, 0.3) is 0 Å². The number of rotatable bonds is 6. The summed E-state index contributed by atoms with van der Waals surface area (Å²) >= 11 is 0.